The highest BCUT2D eigenvalue weighted by Crippen LogP contribution is 2.19. The molecule has 0 saturated carbocycles. The van der Waals surface area contributed by atoms with E-state index in [1.807, 2.05) is 0 Å². The van der Waals surface area contributed by atoms with E-state index in [-0.39, 0.29) is 17.3 Å². The number of aromatic nitrogens is 2. The van der Waals surface area contributed by atoms with Crippen molar-refractivity contribution in [3.8, 4) is 0 Å². The minimum atomic E-state index is -0.424. The second-order valence-electron chi connectivity index (χ2n) is 6.06. The summed E-state index contributed by atoms with van der Waals surface area (Å²) >= 11 is 5.83. The second kappa shape index (κ2) is 7.05. The summed E-state index contributed by atoms with van der Waals surface area (Å²) in [4.78, 5) is 33.7. The lowest BCUT2D eigenvalue weighted by Gasteiger charge is -2.30. The van der Waals surface area contributed by atoms with Crippen molar-refractivity contribution < 1.29 is 9.59 Å². The highest BCUT2D eigenvalue weighted by Gasteiger charge is 2.27. The van der Waals surface area contributed by atoms with Crippen LogP contribution in [0.4, 0.5) is 5.69 Å². The van der Waals surface area contributed by atoms with Crippen LogP contribution in [-0.2, 0) is 0 Å². The predicted octanol–water partition coefficient (Wildman–Crippen LogP) is 3.19. The van der Waals surface area contributed by atoms with Gasteiger partial charge in [-0.15, -0.1) is 0 Å². The van der Waals surface area contributed by atoms with Crippen LogP contribution < -0.4 is 5.32 Å². The molecule has 2 aromatic rings. The van der Waals surface area contributed by atoms with Gasteiger partial charge in [0, 0.05) is 23.8 Å². The maximum Gasteiger partial charge on any atom is 0.276 e. The topological polar surface area (TPSA) is 78.1 Å². The van der Waals surface area contributed by atoms with Crippen LogP contribution in [0.2, 0.25) is 5.02 Å². The molecule has 2 heterocycles. The van der Waals surface area contributed by atoms with E-state index >= 15 is 0 Å². The van der Waals surface area contributed by atoms with Gasteiger partial charge >= 0.3 is 0 Å². The number of carbonyl (C=O) groups is 2. The number of anilines is 1. The Morgan fingerprint density at radius 1 is 1.25 bits per heavy atom. The maximum atomic E-state index is 12.6. The molecule has 3 rings (SSSR count). The number of rotatable bonds is 3. The molecular weight excluding hydrogens is 328 g/mol. The number of H-pyrrole nitrogens is 1. The molecular formula is C17H19ClN4O2. The number of piperidine rings is 1. The Morgan fingerprint density at radius 2 is 1.92 bits per heavy atom. The molecule has 1 aromatic heterocycles. The Labute approximate surface area is 145 Å². The van der Waals surface area contributed by atoms with Gasteiger partial charge in [-0.2, -0.15) is 0 Å². The number of hydrogen-bond donors (Lipinski definition) is 2. The van der Waals surface area contributed by atoms with Crippen LogP contribution in [0.25, 0.3) is 0 Å². The molecule has 0 unspecified atom stereocenters. The SMILES string of the molecule is CC1CCN(C(=O)c2[nH]cnc2C(=O)Nc2ccc(Cl)cc2)CC1. The van der Waals surface area contributed by atoms with Crippen LogP contribution in [0.15, 0.2) is 30.6 Å². The molecule has 0 spiro atoms. The van der Waals surface area contributed by atoms with E-state index in [0.717, 1.165) is 12.8 Å². The van der Waals surface area contributed by atoms with Gasteiger partial charge in [-0.1, -0.05) is 18.5 Å². The number of halogens is 1. The molecule has 1 aromatic carbocycles. The lowest BCUT2D eigenvalue weighted by Crippen LogP contribution is -2.38. The third kappa shape index (κ3) is 3.59. The van der Waals surface area contributed by atoms with E-state index in [1.165, 1.54) is 6.33 Å². The molecule has 7 heteroatoms. The molecule has 1 aliphatic rings. The van der Waals surface area contributed by atoms with Crippen LogP contribution in [-0.4, -0.2) is 39.8 Å². The van der Waals surface area contributed by atoms with E-state index in [4.69, 9.17) is 11.6 Å². The average molecular weight is 347 g/mol. The number of carbonyl (C=O) groups excluding carboxylic acids is 2. The van der Waals surface area contributed by atoms with Crippen molar-refractivity contribution in [2.45, 2.75) is 19.8 Å². The zero-order valence-electron chi connectivity index (χ0n) is 13.4. The zero-order valence-corrected chi connectivity index (χ0v) is 14.1. The summed E-state index contributed by atoms with van der Waals surface area (Å²) < 4.78 is 0. The van der Waals surface area contributed by atoms with Gasteiger partial charge in [-0.3, -0.25) is 9.59 Å². The van der Waals surface area contributed by atoms with Gasteiger partial charge in [0.05, 0.1) is 6.33 Å². The number of nitrogens with one attached hydrogen (secondary N) is 2. The van der Waals surface area contributed by atoms with Gasteiger partial charge in [0.2, 0.25) is 0 Å². The van der Waals surface area contributed by atoms with Crippen LogP contribution in [0.3, 0.4) is 0 Å². The van der Waals surface area contributed by atoms with E-state index < -0.39 is 5.91 Å². The highest BCUT2D eigenvalue weighted by molar-refractivity contribution is 6.30. The van der Waals surface area contributed by atoms with Gasteiger partial charge < -0.3 is 15.2 Å². The largest absolute Gasteiger partial charge is 0.340 e. The van der Waals surface area contributed by atoms with Crippen LogP contribution in [0.5, 0.6) is 0 Å². The van der Waals surface area contributed by atoms with Crippen molar-refractivity contribution in [1.29, 1.82) is 0 Å². The van der Waals surface area contributed by atoms with Crippen molar-refractivity contribution in [1.82, 2.24) is 14.9 Å². The van der Waals surface area contributed by atoms with E-state index in [9.17, 15) is 9.59 Å². The number of hydrogen-bond acceptors (Lipinski definition) is 3. The van der Waals surface area contributed by atoms with E-state index in [1.54, 1.807) is 29.2 Å². The third-order valence-electron chi connectivity index (χ3n) is 4.24. The Kier molecular flexibility index (Phi) is 4.85. The molecule has 1 aliphatic heterocycles. The van der Waals surface area contributed by atoms with Crippen LogP contribution in [0, 0.1) is 5.92 Å². The van der Waals surface area contributed by atoms with E-state index in [2.05, 4.69) is 22.2 Å². The van der Waals surface area contributed by atoms with Crippen molar-refractivity contribution in [3.63, 3.8) is 0 Å². The Morgan fingerprint density at radius 3 is 2.58 bits per heavy atom. The summed E-state index contributed by atoms with van der Waals surface area (Å²) in [7, 11) is 0. The van der Waals surface area contributed by atoms with Gasteiger partial charge in [0.15, 0.2) is 5.69 Å². The first-order valence-corrected chi connectivity index (χ1v) is 8.32. The smallest absolute Gasteiger partial charge is 0.276 e. The fourth-order valence-electron chi connectivity index (χ4n) is 2.72. The first-order chi connectivity index (χ1) is 11.5. The third-order valence-corrected chi connectivity index (χ3v) is 4.49. The average Bonchev–Trinajstić information content (AvgIpc) is 3.07. The number of benzene rings is 1. The highest BCUT2D eigenvalue weighted by atomic mass is 35.5. The summed E-state index contributed by atoms with van der Waals surface area (Å²) in [5, 5.41) is 3.31. The number of aromatic amines is 1. The normalized spacial score (nSPS) is 15.3. The molecule has 0 bridgehead atoms. The zero-order chi connectivity index (χ0) is 17.1. The molecule has 126 valence electrons. The van der Waals surface area contributed by atoms with Crippen molar-refractivity contribution in [2.75, 3.05) is 18.4 Å². The molecule has 24 heavy (non-hydrogen) atoms. The second-order valence-corrected chi connectivity index (χ2v) is 6.50. The molecule has 2 amide bonds. The molecule has 1 fully saturated rings. The first-order valence-electron chi connectivity index (χ1n) is 7.94. The quantitative estimate of drug-likeness (QED) is 0.895. The molecule has 1 saturated heterocycles. The van der Waals surface area contributed by atoms with Gasteiger partial charge in [-0.05, 0) is 43.0 Å². The summed E-state index contributed by atoms with van der Waals surface area (Å²) in [6.45, 7) is 3.59. The number of amides is 2. The Balaban J connectivity index is 1.73. The molecule has 0 radical (unpaired) electrons. The Bertz CT molecular complexity index is 733. The van der Waals surface area contributed by atoms with Gasteiger partial charge in [0.25, 0.3) is 11.8 Å². The van der Waals surface area contributed by atoms with Crippen molar-refractivity contribution >= 4 is 29.1 Å². The van der Waals surface area contributed by atoms with Crippen LogP contribution >= 0.6 is 11.6 Å². The summed E-state index contributed by atoms with van der Waals surface area (Å²) in [6, 6.07) is 6.76. The van der Waals surface area contributed by atoms with Crippen LogP contribution in [0.1, 0.15) is 40.7 Å². The lowest BCUT2D eigenvalue weighted by atomic mass is 9.99. The molecule has 0 atom stereocenters. The Hall–Kier alpha value is -2.34. The monoisotopic (exact) mass is 346 g/mol. The van der Waals surface area contributed by atoms with Gasteiger partial charge in [-0.25, -0.2) is 4.98 Å². The number of nitrogens with zero attached hydrogens (tertiary/aromatic N) is 2. The minimum absolute atomic E-state index is 0.105. The lowest BCUT2D eigenvalue weighted by molar-refractivity contribution is 0.0688. The number of likely N-dealkylation sites (tertiary alicyclic amines) is 1. The summed E-state index contributed by atoms with van der Waals surface area (Å²) in [6.07, 6.45) is 3.33. The minimum Gasteiger partial charge on any atom is -0.340 e. The maximum absolute atomic E-state index is 12.6. The van der Waals surface area contributed by atoms with Crippen molar-refractivity contribution in [3.05, 3.63) is 47.0 Å². The fraction of sp³-hybridized carbons (Fsp3) is 0.353. The standard InChI is InChI=1S/C17H19ClN4O2/c1-11-6-8-22(9-7-11)17(24)15-14(19-10-20-15)16(23)21-13-4-2-12(18)3-5-13/h2-5,10-11H,6-9H2,1H3,(H,19,20)(H,21,23). The van der Waals surface area contributed by atoms with E-state index in [0.29, 0.717) is 29.7 Å². The first kappa shape index (κ1) is 16.5. The number of imidazole rings is 1. The van der Waals surface area contributed by atoms with Gasteiger partial charge in [0.1, 0.15) is 5.69 Å². The van der Waals surface area contributed by atoms with Crippen molar-refractivity contribution in [2.24, 2.45) is 5.92 Å². The summed E-state index contributed by atoms with van der Waals surface area (Å²) in [5.74, 6) is 0.0245. The molecule has 6 nitrogen and oxygen atoms in total. The fourth-order valence-corrected chi connectivity index (χ4v) is 2.85. The predicted molar refractivity (Wildman–Crippen MR) is 92.3 cm³/mol. The molecule has 2 N–H and O–H groups in total. The molecule has 0 aliphatic carbocycles. The summed E-state index contributed by atoms with van der Waals surface area (Å²) in [5.41, 5.74) is 0.933.